The van der Waals surface area contributed by atoms with Crippen LogP contribution in [0.4, 0.5) is 0 Å². The fourth-order valence-corrected chi connectivity index (χ4v) is 5.58. The molecule has 0 amide bonds. The first kappa shape index (κ1) is 27.2. The van der Waals surface area contributed by atoms with Crippen LogP contribution < -0.4 is 0 Å². The lowest BCUT2D eigenvalue weighted by Crippen LogP contribution is -2.01. The zero-order valence-electron chi connectivity index (χ0n) is 24.8. The van der Waals surface area contributed by atoms with Gasteiger partial charge in [0.2, 0.25) is 0 Å². The summed E-state index contributed by atoms with van der Waals surface area (Å²) in [4.78, 5) is 25.1. The SMILES string of the molecule is c1ccc(-c2cccc(-c3cc(-c4ccc5ccccc5n4)cc(-c4nc(-c5ccccc5)nc(-c5ccccc5)n4)c3)n2)cc1. The Morgan fingerprint density at radius 1 is 0.261 bits per heavy atom. The molecule has 8 rings (SSSR count). The maximum Gasteiger partial charge on any atom is 0.164 e. The first-order valence-corrected chi connectivity index (χ1v) is 15.2. The number of aromatic nitrogens is 5. The van der Waals surface area contributed by atoms with Crippen LogP contribution >= 0.6 is 0 Å². The summed E-state index contributed by atoms with van der Waals surface area (Å²) in [6.45, 7) is 0. The monoisotopic (exact) mass is 589 g/mol. The van der Waals surface area contributed by atoms with Gasteiger partial charge < -0.3 is 0 Å². The first-order chi connectivity index (χ1) is 22.8. The second-order valence-corrected chi connectivity index (χ2v) is 11.0. The van der Waals surface area contributed by atoms with E-state index in [9.17, 15) is 0 Å². The van der Waals surface area contributed by atoms with Gasteiger partial charge in [0, 0.05) is 38.8 Å². The number of rotatable bonds is 6. The standard InChI is InChI=1S/C41H27N5/c1-4-13-28(14-5-1)36-21-12-22-37(42-36)32-25-33(38-24-23-29-15-10-11-20-35(29)43-38)27-34(26-32)41-45-39(30-16-6-2-7-17-30)44-40(46-41)31-18-8-3-9-19-31/h1-27H. The quantitative estimate of drug-likeness (QED) is 0.193. The highest BCUT2D eigenvalue weighted by Crippen LogP contribution is 2.33. The first-order valence-electron chi connectivity index (χ1n) is 15.2. The topological polar surface area (TPSA) is 64.5 Å². The van der Waals surface area contributed by atoms with Crippen LogP contribution in [0.1, 0.15) is 0 Å². The highest BCUT2D eigenvalue weighted by Gasteiger charge is 2.16. The van der Waals surface area contributed by atoms with Crippen LogP contribution in [0.2, 0.25) is 0 Å². The Labute approximate surface area is 267 Å². The number of para-hydroxylation sites is 1. The van der Waals surface area contributed by atoms with Crippen molar-refractivity contribution in [3.8, 4) is 67.9 Å². The summed E-state index contributed by atoms with van der Waals surface area (Å²) in [5.41, 5.74) is 9.23. The van der Waals surface area contributed by atoms with Crippen molar-refractivity contribution in [1.29, 1.82) is 0 Å². The summed E-state index contributed by atoms with van der Waals surface area (Å²) < 4.78 is 0. The van der Waals surface area contributed by atoms with E-state index in [-0.39, 0.29) is 0 Å². The Morgan fingerprint density at radius 3 is 1.33 bits per heavy atom. The molecular weight excluding hydrogens is 562 g/mol. The molecule has 0 radical (unpaired) electrons. The molecule has 0 N–H and O–H groups in total. The van der Waals surface area contributed by atoms with E-state index < -0.39 is 0 Å². The van der Waals surface area contributed by atoms with Gasteiger partial charge in [0.25, 0.3) is 0 Å². The van der Waals surface area contributed by atoms with Crippen molar-refractivity contribution in [2.75, 3.05) is 0 Å². The van der Waals surface area contributed by atoms with Gasteiger partial charge in [0.05, 0.1) is 22.6 Å². The van der Waals surface area contributed by atoms with E-state index in [1.807, 2.05) is 109 Å². The van der Waals surface area contributed by atoms with Gasteiger partial charge in [-0.25, -0.2) is 24.9 Å². The smallest absolute Gasteiger partial charge is 0.164 e. The van der Waals surface area contributed by atoms with E-state index in [1.165, 1.54) is 0 Å². The lowest BCUT2D eigenvalue weighted by atomic mass is 9.99. The van der Waals surface area contributed by atoms with Crippen molar-refractivity contribution in [3.05, 3.63) is 164 Å². The predicted molar refractivity (Wildman–Crippen MR) is 186 cm³/mol. The fourth-order valence-electron chi connectivity index (χ4n) is 5.58. The zero-order valence-corrected chi connectivity index (χ0v) is 24.8. The molecular formula is C41H27N5. The number of hydrogen-bond donors (Lipinski definition) is 0. The van der Waals surface area contributed by atoms with E-state index in [2.05, 4.69) is 54.6 Å². The highest BCUT2D eigenvalue weighted by molar-refractivity contribution is 5.84. The molecule has 46 heavy (non-hydrogen) atoms. The van der Waals surface area contributed by atoms with Gasteiger partial charge in [-0.3, -0.25) is 0 Å². The van der Waals surface area contributed by atoms with Gasteiger partial charge in [-0.15, -0.1) is 0 Å². The van der Waals surface area contributed by atoms with Crippen LogP contribution in [0.3, 0.4) is 0 Å². The molecule has 5 nitrogen and oxygen atoms in total. The molecule has 0 aliphatic rings. The van der Waals surface area contributed by atoms with E-state index in [0.717, 1.165) is 61.4 Å². The van der Waals surface area contributed by atoms with Gasteiger partial charge in [-0.05, 0) is 42.5 Å². The van der Waals surface area contributed by atoms with E-state index in [0.29, 0.717) is 17.5 Å². The van der Waals surface area contributed by atoms with E-state index >= 15 is 0 Å². The average molecular weight is 590 g/mol. The highest BCUT2D eigenvalue weighted by atomic mass is 15.0. The number of benzene rings is 5. The molecule has 0 aliphatic heterocycles. The summed E-state index contributed by atoms with van der Waals surface area (Å²) in [5.74, 6) is 1.81. The Morgan fingerprint density at radius 2 is 0.717 bits per heavy atom. The van der Waals surface area contributed by atoms with Crippen molar-refractivity contribution in [2.24, 2.45) is 0 Å². The summed E-state index contributed by atoms with van der Waals surface area (Å²) >= 11 is 0. The minimum atomic E-state index is 0.579. The van der Waals surface area contributed by atoms with Crippen molar-refractivity contribution >= 4 is 10.9 Å². The molecule has 0 atom stereocenters. The molecule has 0 fully saturated rings. The third kappa shape index (κ3) is 5.53. The number of hydrogen-bond acceptors (Lipinski definition) is 5. The molecule has 0 spiro atoms. The van der Waals surface area contributed by atoms with Crippen LogP contribution in [0.5, 0.6) is 0 Å². The van der Waals surface area contributed by atoms with Crippen LogP contribution in [-0.2, 0) is 0 Å². The van der Waals surface area contributed by atoms with Gasteiger partial charge in [-0.1, -0.05) is 121 Å². The molecule has 8 aromatic rings. The number of nitrogens with zero attached hydrogens (tertiary/aromatic N) is 5. The second-order valence-electron chi connectivity index (χ2n) is 11.0. The predicted octanol–water partition coefficient (Wildman–Crippen LogP) is 9.82. The van der Waals surface area contributed by atoms with Crippen LogP contribution in [0.15, 0.2) is 164 Å². The molecule has 0 unspecified atom stereocenters. The zero-order chi connectivity index (χ0) is 30.7. The minimum Gasteiger partial charge on any atom is -0.248 e. The van der Waals surface area contributed by atoms with Crippen molar-refractivity contribution in [2.45, 2.75) is 0 Å². The molecule has 5 aromatic carbocycles. The molecule has 0 aliphatic carbocycles. The minimum absolute atomic E-state index is 0.579. The molecule has 3 aromatic heterocycles. The third-order valence-corrected chi connectivity index (χ3v) is 7.90. The Bertz CT molecular complexity index is 2250. The van der Waals surface area contributed by atoms with Crippen molar-refractivity contribution in [1.82, 2.24) is 24.9 Å². The summed E-state index contributed by atoms with van der Waals surface area (Å²) in [6, 6.07) is 55.1. The average Bonchev–Trinajstić information content (AvgIpc) is 3.15. The molecule has 5 heteroatoms. The van der Waals surface area contributed by atoms with Crippen LogP contribution in [0.25, 0.3) is 78.8 Å². The second kappa shape index (κ2) is 12.0. The number of pyridine rings is 2. The number of fused-ring (bicyclic) bond motifs is 1. The molecule has 0 bridgehead atoms. The fraction of sp³-hybridized carbons (Fsp3) is 0. The maximum absolute atomic E-state index is 5.09. The van der Waals surface area contributed by atoms with Crippen LogP contribution in [0, 0.1) is 0 Å². The van der Waals surface area contributed by atoms with E-state index in [1.54, 1.807) is 0 Å². The Kier molecular flexibility index (Phi) is 7.09. The molecule has 0 saturated heterocycles. The van der Waals surface area contributed by atoms with Gasteiger partial charge in [0.15, 0.2) is 17.5 Å². The lowest BCUT2D eigenvalue weighted by molar-refractivity contribution is 1.07. The summed E-state index contributed by atoms with van der Waals surface area (Å²) in [7, 11) is 0. The third-order valence-electron chi connectivity index (χ3n) is 7.90. The van der Waals surface area contributed by atoms with Gasteiger partial charge in [0.1, 0.15) is 0 Å². The lowest BCUT2D eigenvalue weighted by Gasteiger charge is -2.13. The van der Waals surface area contributed by atoms with E-state index in [4.69, 9.17) is 24.9 Å². The Hall–Kier alpha value is -6.33. The summed E-state index contributed by atoms with van der Waals surface area (Å²) in [5, 5.41) is 1.09. The van der Waals surface area contributed by atoms with Crippen molar-refractivity contribution < 1.29 is 0 Å². The molecule has 216 valence electrons. The summed E-state index contributed by atoms with van der Waals surface area (Å²) in [6.07, 6.45) is 0. The van der Waals surface area contributed by atoms with Crippen molar-refractivity contribution in [3.63, 3.8) is 0 Å². The molecule has 3 heterocycles. The Balaban J connectivity index is 1.34. The normalized spacial score (nSPS) is 11.0. The maximum atomic E-state index is 5.09. The molecule has 0 saturated carbocycles. The van der Waals surface area contributed by atoms with Crippen LogP contribution in [-0.4, -0.2) is 24.9 Å². The van der Waals surface area contributed by atoms with Gasteiger partial charge in [-0.2, -0.15) is 0 Å². The van der Waals surface area contributed by atoms with Gasteiger partial charge >= 0.3 is 0 Å². The largest absolute Gasteiger partial charge is 0.248 e.